The zero-order valence-electron chi connectivity index (χ0n) is 16.4. The number of rotatable bonds is 11. The van der Waals surface area contributed by atoms with Gasteiger partial charge in [-0.05, 0) is 41.8 Å². The molecule has 0 radical (unpaired) electrons. The molecule has 0 saturated heterocycles. The number of hydrogen-bond acceptors (Lipinski definition) is 6. The van der Waals surface area contributed by atoms with E-state index in [1.165, 1.54) is 0 Å². The molecule has 0 unspecified atom stereocenters. The second-order valence-electron chi connectivity index (χ2n) is 6.97. The molecule has 0 aliphatic rings. The Morgan fingerprint density at radius 2 is 1.73 bits per heavy atom. The highest BCUT2D eigenvalue weighted by atomic mass is 16.5. The first-order valence-electron chi connectivity index (χ1n) is 9.72. The van der Waals surface area contributed by atoms with Crippen LogP contribution in [0.3, 0.4) is 0 Å². The molecule has 3 aromatic rings. The number of aromatic nitrogens is 3. The highest BCUT2D eigenvalue weighted by Crippen LogP contribution is 2.27. The summed E-state index contributed by atoms with van der Waals surface area (Å²) in [5, 5.41) is 30.6. The van der Waals surface area contributed by atoms with E-state index in [-0.39, 0.29) is 6.42 Å². The van der Waals surface area contributed by atoms with E-state index in [9.17, 15) is 9.59 Å². The Bertz CT molecular complexity index is 1020. The fraction of sp³-hybridized carbons (Fsp3) is 0.333. The number of carbonyl (C=O) groups is 2. The number of nitrogens with two attached hydrogens (primary N) is 1. The summed E-state index contributed by atoms with van der Waals surface area (Å²) < 4.78 is 5.78. The summed E-state index contributed by atoms with van der Waals surface area (Å²) in [4.78, 5) is 21.7. The molecule has 0 fully saturated rings. The monoisotopic (exact) mass is 412 g/mol. The van der Waals surface area contributed by atoms with E-state index in [0.717, 1.165) is 34.2 Å². The molecule has 2 aromatic carbocycles. The Kier molecular flexibility index (Phi) is 6.97. The molecule has 0 aliphatic carbocycles. The van der Waals surface area contributed by atoms with Crippen molar-refractivity contribution in [3.63, 3.8) is 0 Å². The predicted octanol–water partition coefficient (Wildman–Crippen LogP) is 2.81. The molecule has 3 rings (SSSR count). The SMILES string of the molecule is NCc1n[nH]nc1-c1ccc2cc(OCCCCCC(C(=O)O)C(=O)O)ccc2c1. The Labute approximate surface area is 172 Å². The van der Waals surface area contributed by atoms with Gasteiger partial charge in [-0.1, -0.05) is 31.0 Å². The fourth-order valence-corrected chi connectivity index (χ4v) is 3.26. The van der Waals surface area contributed by atoms with Crippen LogP contribution in [0.25, 0.3) is 22.0 Å². The van der Waals surface area contributed by atoms with Crippen molar-refractivity contribution in [2.24, 2.45) is 11.7 Å². The largest absolute Gasteiger partial charge is 0.494 e. The van der Waals surface area contributed by atoms with Gasteiger partial charge in [0.05, 0.1) is 6.61 Å². The molecule has 0 aliphatic heterocycles. The van der Waals surface area contributed by atoms with Crippen molar-refractivity contribution in [2.45, 2.75) is 32.2 Å². The van der Waals surface area contributed by atoms with Gasteiger partial charge in [0, 0.05) is 12.1 Å². The van der Waals surface area contributed by atoms with E-state index in [1.54, 1.807) is 0 Å². The summed E-state index contributed by atoms with van der Waals surface area (Å²) in [5.41, 5.74) is 8.09. The summed E-state index contributed by atoms with van der Waals surface area (Å²) in [6, 6.07) is 11.8. The molecule has 158 valence electrons. The maximum atomic E-state index is 10.9. The molecule has 1 aromatic heterocycles. The van der Waals surface area contributed by atoms with Gasteiger partial charge in [-0.3, -0.25) is 9.59 Å². The van der Waals surface area contributed by atoms with E-state index >= 15 is 0 Å². The molecule has 0 bridgehead atoms. The Morgan fingerprint density at radius 1 is 1.00 bits per heavy atom. The maximum Gasteiger partial charge on any atom is 0.317 e. The second kappa shape index (κ2) is 9.84. The van der Waals surface area contributed by atoms with Gasteiger partial charge in [-0.15, -0.1) is 0 Å². The lowest BCUT2D eigenvalue weighted by atomic mass is 10.0. The molecule has 0 spiro atoms. The summed E-state index contributed by atoms with van der Waals surface area (Å²) >= 11 is 0. The quantitative estimate of drug-likeness (QED) is 0.277. The molecule has 0 saturated carbocycles. The van der Waals surface area contributed by atoms with Crippen molar-refractivity contribution in [1.82, 2.24) is 15.4 Å². The highest BCUT2D eigenvalue weighted by molar-refractivity contribution is 5.92. The number of unbranched alkanes of at least 4 members (excludes halogenated alkanes) is 2. The lowest BCUT2D eigenvalue weighted by Crippen LogP contribution is -2.23. The first kappa shape index (κ1) is 21.3. The number of ether oxygens (including phenoxy) is 1. The number of carboxylic acid groups (broad SMARTS) is 2. The van der Waals surface area contributed by atoms with Crippen molar-refractivity contribution >= 4 is 22.7 Å². The number of aliphatic carboxylic acids is 2. The lowest BCUT2D eigenvalue weighted by Gasteiger charge is -2.09. The van der Waals surface area contributed by atoms with Crippen molar-refractivity contribution in [2.75, 3.05) is 6.61 Å². The number of nitrogens with one attached hydrogen (secondary N) is 1. The van der Waals surface area contributed by atoms with Gasteiger partial charge in [-0.2, -0.15) is 15.4 Å². The first-order chi connectivity index (χ1) is 14.5. The van der Waals surface area contributed by atoms with Gasteiger partial charge >= 0.3 is 11.9 Å². The standard InChI is InChI=1S/C21H24N4O5/c22-12-18-19(24-25-23-18)15-6-5-14-11-16(8-7-13(14)10-15)30-9-3-1-2-4-17(20(26)27)21(28)29/h5-8,10-11,17H,1-4,9,12,22H2,(H,26,27)(H,28,29)(H,23,24,25). The first-order valence-corrected chi connectivity index (χ1v) is 9.72. The molecule has 0 amide bonds. The number of hydrogen-bond donors (Lipinski definition) is 4. The van der Waals surface area contributed by atoms with Crippen molar-refractivity contribution in [1.29, 1.82) is 0 Å². The number of benzene rings is 2. The van der Waals surface area contributed by atoms with Crippen LogP contribution in [0, 0.1) is 5.92 Å². The van der Waals surface area contributed by atoms with E-state index in [2.05, 4.69) is 15.4 Å². The minimum Gasteiger partial charge on any atom is -0.494 e. The topological polar surface area (TPSA) is 151 Å². The summed E-state index contributed by atoms with van der Waals surface area (Å²) in [7, 11) is 0. The number of nitrogens with zero attached hydrogens (tertiary/aromatic N) is 2. The van der Waals surface area contributed by atoms with Crippen LogP contribution in [-0.4, -0.2) is 44.2 Å². The summed E-state index contributed by atoms with van der Waals surface area (Å²) in [6.45, 7) is 0.789. The zero-order chi connectivity index (χ0) is 21.5. The average molecular weight is 412 g/mol. The predicted molar refractivity (Wildman–Crippen MR) is 110 cm³/mol. The second-order valence-corrected chi connectivity index (χ2v) is 6.97. The third-order valence-corrected chi connectivity index (χ3v) is 4.90. The van der Waals surface area contributed by atoms with E-state index < -0.39 is 17.9 Å². The van der Waals surface area contributed by atoms with E-state index in [4.69, 9.17) is 20.7 Å². The minimum atomic E-state index is -1.34. The van der Waals surface area contributed by atoms with Crippen LogP contribution >= 0.6 is 0 Å². The number of fused-ring (bicyclic) bond motifs is 1. The third-order valence-electron chi connectivity index (χ3n) is 4.90. The molecule has 0 atom stereocenters. The number of aromatic amines is 1. The normalized spacial score (nSPS) is 11.1. The van der Waals surface area contributed by atoms with Crippen molar-refractivity contribution in [3.05, 3.63) is 42.1 Å². The van der Waals surface area contributed by atoms with Crippen molar-refractivity contribution in [3.8, 4) is 17.0 Å². The highest BCUT2D eigenvalue weighted by Gasteiger charge is 2.24. The Hall–Kier alpha value is -3.46. The van der Waals surface area contributed by atoms with Gasteiger partial charge in [0.1, 0.15) is 17.1 Å². The molecule has 9 heteroatoms. The van der Waals surface area contributed by atoms with E-state index in [1.807, 2.05) is 36.4 Å². The summed E-state index contributed by atoms with van der Waals surface area (Å²) in [5.74, 6) is -3.18. The molecule has 5 N–H and O–H groups in total. The number of carboxylic acids is 2. The maximum absolute atomic E-state index is 10.9. The van der Waals surface area contributed by atoms with Crippen LogP contribution in [0.4, 0.5) is 0 Å². The van der Waals surface area contributed by atoms with E-state index in [0.29, 0.717) is 31.7 Å². The van der Waals surface area contributed by atoms with Gasteiger partial charge < -0.3 is 20.7 Å². The fourth-order valence-electron chi connectivity index (χ4n) is 3.26. The van der Waals surface area contributed by atoms with Gasteiger partial charge in [0.15, 0.2) is 5.92 Å². The molecule has 30 heavy (non-hydrogen) atoms. The van der Waals surface area contributed by atoms with Gasteiger partial charge in [0.25, 0.3) is 0 Å². The smallest absolute Gasteiger partial charge is 0.317 e. The summed E-state index contributed by atoms with van der Waals surface area (Å²) in [6.07, 6.45) is 2.08. The lowest BCUT2D eigenvalue weighted by molar-refractivity contribution is -0.154. The zero-order valence-corrected chi connectivity index (χ0v) is 16.4. The molecule has 9 nitrogen and oxygen atoms in total. The van der Waals surface area contributed by atoms with Crippen LogP contribution in [-0.2, 0) is 16.1 Å². The van der Waals surface area contributed by atoms with Crippen LogP contribution < -0.4 is 10.5 Å². The van der Waals surface area contributed by atoms with Crippen LogP contribution in [0.1, 0.15) is 31.4 Å². The minimum absolute atomic E-state index is 0.125. The van der Waals surface area contributed by atoms with Gasteiger partial charge in [-0.25, -0.2) is 0 Å². The molecule has 1 heterocycles. The van der Waals surface area contributed by atoms with Crippen molar-refractivity contribution < 1.29 is 24.5 Å². The average Bonchev–Trinajstić information content (AvgIpc) is 3.21. The van der Waals surface area contributed by atoms with Crippen LogP contribution in [0.5, 0.6) is 5.75 Å². The number of H-pyrrole nitrogens is 1. The molecular weight excluding hydrogens is 388 g/mol. The van der Waals surface area contributed by atoms with Crippen LogP contribution in [0.15, 0.2) is 36.4 Å². The third kappa shape index (κ3) is 5.12. The Morgan fingerprint density at radius 3 is 2.47 bits per heavy atom. The molecular formula is C21H24N4O5. The van der Waals surface area contributed by atoms with Gasteiger partial charge in [0.2, 0.25) is 0 Å². The van der Waals surface area contributed by atoms with Crippen LogP contribution in [0.2, 0.25) is 0 Å². The Balaban J connectivity index is 1.52.